The maximum Gasteiger partial charge on any atom is 0.411 e. The largest absolute Gasteiger partial charge is 0.449 e. The molecule has 1 N–H and O–H groups in total. The number of amides is 1. The van der Waals surface area contributed by atoms with Crippen molar-refractivity contribution < 1.29 is 13.9 Å². The maximum atomic E-state index is 11.8. The summed E-state index contributed by atoms with van der Waals surface area (Å²) in [4.78, 5) is 16.1. The lowest BCUT2D eigenvalue weighted by molar-refractivity contribution is 0.128. The van der Waals surface area contributed by atoms with Gasteiger partial charge in [0.05, 0.1) is 6.61 Å². The first-order valence-electron chi connectivity index (χ1n) is 7.52. The fourth-order valence-corrected chi connectivity index (χ4v) is 2.82. The van der Waals surface area contributed by atoms with Gasteiger partial charge in [-0.2, -0.15) is 0 Å². The molecule has 1 aromatic heterocycles. The van der Waals surface area contributed by atoms with Gasteiger partial charge in [0.1, 0.15) is 5.52 Å². The van der Waals surface area contributed by atoms with Crippen LogP contribution in [0.15, 0.2) is 22.6 Å². The second-order valence-electron chi connectivity index (χ2n) is 5.64. The number of aryl methyl sites for hydroxylation is 1. The molecule has 112 valence electrons. The molecule has 1 fully saturated rings. The molecule has 1 amide bonds. The Kier molecular flexibility index (Phi) is 4.08. The van der Waals surface area contributed by atoms with E-state index in [2.05, 4.69) is 10.3 Å². The summed E-state index contributed by atoms with van der Waals surface area (Å²) in [6.07, 6.45) is 5.73. The summed E-state index contributed by atoms with van der Waals surface area (Å²) in [6, 6.07) is 5.37. The predicted octanol–water partition coefficient (Wildman–Crippen LogP) is 4.27. The van der Waals surface area contributed by atoms with Gasteiger partial charge in [0.2, 0.25) is 0 Å². The smallest absolute Gasteiger partial charge is 0.411 e. The van der Waals surface area contributed by atoms with Crippen LogP contribution in [0.1, 0.15) is 38.0 Å². The number of ether oxygens (including phenoxy) is 1. The highest BCUT2D eigenvalue weighted by Crippen LogP contribution is 2.24. The van der Waals surface area contributed by atoms with Gasteiger partial charge in [-0.15, -0.1) is 0 Å². The molecule has 1 heterocycles. The van der Waals surface area contributed by atoms with Gasteiger partial charge < -0.3 is 9.15 Å². The van der Waals surface area contributed by atoms with Gasteiger partial charge in [-0.05, 0) is 37.0 Å². The van der Waals surface area contributed by atoms with E-state index in [4.69, 9.17) is 9.15 Å². The number of fused-ring (bicyclic) bond motifs is 1. The Morgan fingerprint density at radius 1 is 1.38 bits per heavy atom. The zero-order chi connectivity index (χ0) is 14.7. The number of hydrogen-bond donors (Lipinski definition) is 1. The Labute approximate surface area is 123 Å². The van der Waals surface area contributed by atoms with E-state index in [-0.39, 0.29) is 0 Å². The van der Waals surface area contributed by atoms with E-state index in [9.17, 15) is 4.79 Å². The van der Waals surface area contributed by atoms with Gasteiger partial charge >= 0.3 is 6.09 Å². The molecule has 1 aliphatic carbocycles. The van der Waals surface area contributed by atoms with Crippen LogP contribution in [-0.2, 0) is 4.74 Å². The first-order valence-corrected chi connectivity index (χ1v) is 7.52. The number of carbonyl (C=O) groups excluding carboxylic acids is 1. The molecular weight excluding hydrogens is 268 g/mol. The molecule has 0 atom stereocenters. The molecule has 1 aliphatic rings. The fraction of sp³-hybridized carbons (Fsp3) is 0.500. The molecule has 0 saturated heterocycles. The van der Waals surface area contributed by atoms with Crippen LogP contribution in [-0.4, -0.2) is 17.7 Å². The van der Waals surface area contributed by atoms with Gasteiger partial charge in [-0.1, -0.05) is 19.3 Å². The summed E-state index contributed by atoms with van der Waals surface area (Å²) in [5, 5.41) is 2.74. The summed E-state index contributed by atoms with van der Waals surface area (Å²) < 4.78 is 10.7. The van der Waals surface area contributed by atoms with Gasteiger partial charge in [-0.25, -0.2) is 9.78 Å². The van der Waals surface area contributed by atoms with E-state index < -0.39 is 6.09 Å². The van der Waals surface area contributed by atoms with Crippen molar-refractivity contribution in [1.82, 2.24) is 4.98 Å². The average molecular weight is 288 g/mol. The first kappa shape index (κ1) is 13.9. The van der Waals surface area contributed by atoms with Crippen LogP contribution in [0.3, 0.4) is 0 Å². The summed E-state index contributed by atoms with van der Waals surface area (Å²) >= 11 is 0. The zero-order valence-corrected chi connectivity index (χ0v) is 12.2. The molecule has 1 saturated carbocycles. The van der Waals surface area contributed by atoms with Crippen LogP contribution >= 0.6 is 0 Å². The minimum absolute atomic E-state index is 0.403. The maximum absolute atomic E-state index is 11.8. The second kappa shape index (κ2) is 6.16. The van der Waals surface area contributed by atoms with E-state index >= 15 is 0 Å². The van der Waals surface area contributed by atoms with Gasteiger partial charge in [0, 0.05) is 12.6 Å². The summed E-state index contributed by atoms with van der Waals surface area (Å²) in [6.45, 7) is 2.31. The molecule has 3 rings (SSSR count). The van der Waals surface area contributed by atoms with Crippen molar-refractivity contribution in [3.8, 4) is 0 Å². The molecule has 0 radical (unpaired) electrons. The minimum atomic E-state index is -0.403. The van der Waals surface area contributed by atoms with E-state index in [0.717, 1.165) is 18.4 Å². The topological polar surface area (TPSA) is 64.4 Å². The Morgan fingerprint density at radius 2 is 2.19 bits per heavy atom. The Bertz CT molecular complexity index is 629. The van der Waals surface area contributed by atoms with Crippen LogP contribution in [0.4, 0.5) is 10.5 Å². The standard InChI is InChI=1S/C16H20N2O3/c1-11-17-14-9-13(7-8-15(14)21-11)18-16(19)20-10-12-5-3-2-4-6-12/h7-9,12H,2-6,10H2,1H3,(H,18,19). The number of anilines is 1. The molecule has 0 spiro atoms. The molecule has 1 aromatic carbocycles. The normalized spacial score (nSPS) is 16.0. The molecule has 0 unspecified atom stereocenters. The number of carbonyl (C=O) groups is 1. The van der Waals surface area contributed by atoms with Crippen LogP contribution in [0.5, 0.6) is 0 Å². The Balaban J connectivity index is 1.55. The molecule has 0 aliphatic heterocycles. The summed E-state index contributed by atoms with van der Waals surface area (Å²) in [5.74, 6) is 1.13. The highest BCUT2D eigenvalue weighted by Gasteiger charge is 2.15. The van der Waals surface area contributed by atoms with Gasteiger partial charge in [0.25, 0.3) is 0 Å². The molecular formula is C16H20N2O3. The van der Waals surface area contributed by atoms with Crippen molar-refractivity contribution in [2.75, 3.05) is 11.9 Å². The highest BCUT2D eigenvalue weighted by molar-refractivity contribution is 5.88. The fourth-order valence-electron chi connectivity index (χ4n) is 2.82. The van der Waals surface area contributed by atoms with E-state index in [0.29, 0.717) is 29.7 Å². The Hall–Kier alpha value is -2.04. The molecule has 5 heteroatoms. The van der Waals surface area contributed by atoms with E-state index in [1.165, 1.54) is 19.3 Å². The van der Waals surface area contributed by atoms with Gasteiger partial charge in [-0.3, -0.25) is 5.32 Å². The number of hydrogen-bond acceptors (Lipinski definition) is 4. The highest BCUT2D eigenvalue weighted by atomic mass is 16.5. The SMILES string of the molecule is Cc1nc2cc(NC(=O)OCC3CCCCC3)ccc2o1. The zero-order valence-electron chi connectivity index (χ0n) is 12.2. The minimum Gasteiger partial charge on any atom is -0.449 e. The van der Waals surface area contributed by atoms with Crippen molar-refractivity contribution >= 4 is 22.9 Å². The number of benzene rings is 1. The number of nitrogens with one attached hydrogen (secondary N) is 1. The lowest BCUT2D eigenvalue weighted by atomic mass is 9.90. The van der Waals surface area contributed by atoms with Crippen LogP contribution in [0.2, 0.25) is 0 Å². The molecule has 0 bridgehead atoms. The molecule has 5 nitrogen and oxygen atoms in total. The Morgan fingerprint density at radius 3 is 3.00 bits per heavy atom. The molecule has 21 heavy (non-hydrogen) atoms. The van der Waals surface area contributed by atoms with E-state index in [1.807, 2.05) is 0 Å². The third kappa shape index (κ3) is 3.54. The summed E-state index contributed by atoms with van der Waals surface area (Å²) in [7, 11) is 0. The monoisotopic (exact) mass is 288 g/mol. The number of aromatic nitrogens is 1. The average Bonchev–Trinajstić information content (AvgIpc) is 2.85. The van der Waals surface area contributed by atoms with Crippen molar-refractivity contribution in [3.05, 3.63) is 24.1 Å². The predicted molar refractivity (Wildman–Crippen MR) is 80.3 cm³/mol. The summed E-state index contributed by atoms with van der Waals surface area (Å²) in [5.41, 5.74) is 2.12. The second-order valence-corrected chi connectivity index (χ2v) is 5.64. The quantitative estimate of drug-likeness (QED) is 0.916. The lowest BCUT2D eigenvalue weighted by Gasteiger charge is -2.21. The van der Waals surface area contributed by atoms with E-state index in [1.54, 1.807) is 25.1 Å². The number of rotatable bonds is 3. The third-order valence-electron chi connectivity index (χ3n) is 3.92. The van der Waals surface area contributed by atoms with Crippen LogP contribution in [0.25, 0.3) is 11.1 Å². The first-order chi connectivity index (χ1) is 10.2. The van der Waals surface area contributed by atoms with Crippen molar-refractivity contribution in [3.63, 3.8) is 0 Å². The van der Waals surface area contributed by atoms with Crippen molar-refractivity contribution in [2.24, 2.45) is 5.92 Å². The third-order valence-corrected chi connectivity index (χ3v) is 3.92. The molecule has 2 aromatic rings. The number of oxazole rings is 1. The van der Waals surface area contributed by atoms with Crippen molar-refractivity contribution in [1.29, 1.82) is 0 Å². The lowest BCUT2D eigenvalue weighted by Crippen LogP contribution is -2.20. The van der Waals surface area contributed by atoms with Crippen molar-refractivity contribution in [2.45, 2.75) is 39.0 Å². The van der Waals surface area contributed by atoms with Crippen LogP contribution in [0, 0.1) is 12.8 Å². The number of nitrogens with zero attached hydrogens (tertiary/aromatic N) is 1. The van der Waals surface area contributed by atoms with Gasteiger partial charge in [0.15, 0.2) is 11.5 Å². The van der Waals surface area contributed by atoms with Crippen LogP contribution < -0.4 is 5.32 Å².